The first-order chi connectivity index (χ1) is 11.9. The summed E-state index contributed by atoms with van der Waals surface area (Å²) < 4.78 is 0. The summed E-state index contributed by atoms with van der Waals surface area (Å²) in [4.78, 5) is 34.4. The summed E-state index contributed by atoms with van der Waals surface area (Å²) in [6.45, 7) is 1.48. The molecule has 0 heterocycles. The highest BCUT2D eigenvalue weighted by atomic mass is 16.6. The Bertz CT molecular complexity index is 820. The minimum absolute atomic E-state index is 0.0595. The number of hydrogen-bond donors (Lipinski definition) is 3. The Morgan fingerprint density at radius 2 is 1.76 bits per heavy atom. The number of rotatable bonds is 6. The van der Waals surface area contributed by atoms with Crippen LogP contribution in [0.5, 0.6) is 0 Å². The van der Waals surface area contributed by atoms with Gasteiger partial charge in [-0.3, -0.25) is 19.7 Å². The minimum Gasteiger partial charge on any atom is -0.376 e. The predicted molar refractivity (Wildman–Crippen MR) is 94.8 cm³/mol. The predicted octanol–water partition coefficient (Wildman–Crippen LogP) is 2.31. The molecule has 8 nitrogen and oxygen atoms in total. The number of amides is 2. The lowest BCUT2D eigenvalue weighted by atomic mass is 10.1. The lowest BCUT2D eigenvalue weighted by Crippen LogP contribution is -2.24. The van der Waals surface area contributed by atoms with Crippen LogP contribution in [-0.2, 0) is 4.79 Å². The van der Waals surface area contributed by atoms with E-state index >= 15 is 0 Å². The molecule has 0 spiro atoms. The molecular formula is C17H18N4O4. The van der Waals surface area contributed by atoms with Gasteiger partial charge in [0.1, 0.15) is 0 Å². The number of benzene rings is 2. The maximum absolute atomic E-state index is 12.1. The number of nitrogens with one attached hydrogen (secondary N) is 3. The first-order valence-corrected chi connectivity index (χ1v) is 7.53. The zero-order chi connectivity index (χ0) is 18.4. The lowest BCUT2D eigenvalue weighted by molar-refractivity contribution is -0.385. The van der Waals surface area contributed by atoms with E-state index in [0.717, 1.165) is 0 Å². The van der Waals surface area contributed by atoms with Gasteiger partial charge in [-0.15, -0.1) is 0 Å². The fraction of sp³-hybridized carbons (Fsp3) is 0.176. The SMILES string of the molecule is CNC(=O)c1ccccc1NCC(=O)Nc1cccc([N+](=O)[O-])c1C. The van der Waals surface area contributed by atoms with E-state index < -0.39 is 4.92 Å². The summed E-state index contributed by atoms with van der Waals surface area (Å²) in [6.07, 6.45) is 0. The van der Waals surface area contributed by atoms with Crippen LogP contribution in [0.25, 0.3) is 0 Å². The Hall–Kier alpha value is -3.42. The summed E-state index contributed by atoms with van der Waals surface area (Å²) in [6, 6.07) is 11.3. The minimum atomic E-state index is -0.497. The maximum atomic E-state index is 12.1. The quantitative estimate of drug-likeness (QED) is 0.551. The fourth-order valence-electron chi connectivity index (χ4n) is 2.30. The molecule has 2 rings (SSSR count). The molecule has 0 unspecified atom stereocenters. The second-order valence-corrected chi connectivity index (χ2v) is 5.23. The van der Waals surface area contributed by atoms with Crippen molar-refractivity contribution in [2.75, 3.05) is 24.2 Å². The third kappa shape index (κ3) is 4.31. The van der Waals surface area contributed by atoms with Crippen molar-refractivity contribution in [2.45, 2.75) is 6.92 Å². The fourth-order valence-corrected chi connectivity index (χ4v) is 2.30. The van der Waals surface area contributed by atoms with Gasteiger partial charge in [-0.2, -0.15) is 0 Å². The number of carbonyl (C=O) groups excluding carboxylic acids is 2. The van der Waals surface area contributed by atoms with Gasteiger partial charge in [-0.25, -0.2) is 0 Å². The van der Waals surface area contributed by atoms with Crippen LogP contribution in [0.1, 0.15) is 15.9 Å². The molecule has 130 valence electrons. The van der Waals surface area contributed by atoms with Crippen LogP contribution in [0, 0.1) is 17.0 Å². The molecule has 0 radical (unpaired) electrons. The van der Waals surface area contributed by atoms with E-state index in [0.29, 0.717) is 22.5 Å². The van der Waals surface area contributed by atoms with Gasteiger partial charge in [0, 0.05) is 18.8 Å². The Balaban J connectivity index is 2.07. The van der Waals surface area contributed by atoms with E-state index in [9.17, 15) is 19.7 Å². The van der Waals surface area contributed by atoms with Crippen LogP contribution in [0.2, 0.25) is 0 Å². The Morgan fingerprint density at radius 3 is 2.44 bits per heavy atom. The Morgan fingerprint density at radius 1 is 1.08 bits per heavy atom. The summed E-state index contributed by atoms with van der Waals surface area (Å²) in [7, 11) is 1.52. The number of nitrogens with zero attached hydrogens (tertiary/aromatic N) is 1. The van der Waals surface area contributed by atoms with Crippen LogP contribution in [0.3, 0.4) is 0 Å². The van der Waals surface area contributed by atoms with E-state index in [2.05, 4.69) is 16.0 Å². The van der Waals surface area contributed by atoms with Gasteiger partial charge < -0.3 is 16.0 Å². The van der Waals surface area contributed by atoms with E-state index in [4.69, 9.17) is 0 Å². The van der Waals surface area contributed by atoms with Crippen LogP contribution in [0.15, 0.2) is 42.5 Å². The molecule has 2 aromatic rings. The van der Waals surface area contributed by atoms with Crippen molar-refractivity contribution in [3.63, 3.8) is 0 Å². The average Bonchev–Trinajstić information content (AvgIpc) is 2.61. The van der Waals surface area contributed by atoms with Crippen molar-refractivity contribution in [1.82, 2.24) is 5.32 Å². The third-order valence-corrected chi connectivity index (χ3v) is 3.61. The number of carbonyl (C=O) groups is 2. The molecule has 3 N–H and O–H groups in total. The highest BCUT2D eigenvalue weighted by Crippen LogP contribution is 2.25. The van der Waals surface area contributed by atoms with Crippen LogP contribution >= 0.6 is 0 Å². The molecule has 0 aromatic heterocycles. The standard InChI is InChI=1S/C17H18N4O4/c1-11-13(8-5-9-15(11)21(24)25)20-16(22)10-19-14-7-4-3-6-12(14)17(23)18-2/h3-9,19H,10H2,1-2H3,(H,18,23)(H,20,22). The molecule has 0 aliphatic heterocycles. The number of anilines is 2. The van der Waals surface area contributed by atoms with Crippen molar-refractivity contribution in [3.8, 4) is 0 Å². The maximum Gasteiger partial charge on any atom is 0.274 e. The molecule has 2 aromatic carbocycles. The second-order valence-electron chi connectivity index (χ2n) is 5.23. The molecule has 0 bridgehead atoms. The van der Waals surface area contributed by atoms with Crippen molar-refractivity contribution >= 4 is 28.9 Å². The van der Waals surface area contributed by atoms with Gasteiger partial charge in [0.25, 0.3) is 11.6 Å². The van der Waals surface area contributed by atoms with E-state index in [1.54, 1.807) is 37.3 Å². The van der Waals surface area contributed by atoms with Gasteiger partial charge >= 0.3 is 0 Å². The first-order valence-electron chi connectivity index (χ1n) is 7.53. The lowest BCUT2D eigenvalue weighted by Gasteiger charge is -2.12. The zero-order valence-electron chi connectivity index (χ0n) is 13.8. The van der Waals surface area contributed by atoms with Crippen molar-refractivity contribution in [1.29, 1.82) is 0 Å². The number of hydrogen-bond acceptors (Lipinski definition) is 5. The second kappa shape index (κ2) is 7.91. The molecule has 8 heteroatoms. The van der Waals surface area contributed by atoms with E-state index in [1.807, 2.05) is 0 Å². The summed E-state index contributed by atoms with van der Waals surface area (Å²) in [5.74, 6) is -0.645. The first kappa shape index (κ1) is 17.9. The molecule has 2 amide bonds. The largest absolute Gasteiger partial charge is 0.376 e. The van der Waals surface area contributed by atoms with E-state index in [-0.39, 0.29) is 24.0 Å². The molecular weight excluding hydrogens is 324 g/mol. The highest BCUT2D eigenvalue weighted by molar-refractivity contribution is 6.00. The van der Waals surface area contributed by atoms with Crippen molar-refractivity contribution in [2.24, 2.45) is 0 Å². The topological polar surface area (TPSA) is 113 Å². The van der Waals surface area contributed by atoms with Gasteiger partial charge in [-0.1, -0.05) is 18.2 Å². The van der Waals surface area contributed by atoms with Crippen molar-refractivity contribution in [3.05, 3.63) is 63.7 Å². The molecule has 0 saturated heterocycles. The zero-order valence-corrected chi connectivity index (χ0v) is 13.8. The summed E-state index contributed by atoms with van der Waals surface area (Å²) in [5.41, 5.74) is 1.64. The smallest absolute Gasteiger partial charge is 0.274 e. The molecule has 0 atom stereocenters. The van der Waals surface area contributed by atoms with Crippen molar-refractivity contribution < 1.29 is 14.5 Å². The molecule has 0 aliphatic rings. The van der Waals surface area contributed by atoms with Crippen LogP contribution in [-0.4, -0.2) is 30.3 Å². The monoisotopic (exact) mass is 342 g/mol. The van der Waals surface area contributed by atoms with Gasteiger partial charge in [-0.05, 0) is 25.1 Å². The van der Waals surface area contributed by atoms with E-state index in [1.165, 1.54) is 19.2 Å². The molecule has 0 fully saturated rings. The molecule has 25 heavy (non-hydrogen) atoms. The average molecular weight is 342 g/mol. The third-order valence-electron chi connectivity index (χ3n) is 3.61. The summed E-state index contributed by atoms with van der Waals surface area (Å²) >= 11 is 0. The normalized spacial score (nSPS) is 10.0. The van der Waals surface area contributed by atoms with Crippen LogP contribution in [0.4, 0.5) is 17.1 Å². The van der Waals surface area contributed by atoms with Gasteiger partial charge in [0.2, 0.25) is 5.91 Å². The van der Waals surface area contributed by atoms with Crippen LogP contribution < -0.4 is 16.0 Å². The molecule has 0 saturated carbocycles. The van der Waals surface area contributed by atoms with Gasteiger partial charge in [0.05, 0.1) is 28.3 Å². The highest BCUT2D eigenvalue weighted by Gasteiger charge is 2.15. The number of nitro benzene ring substituents is 1. The number of nitro groups is 1. The Kier molecular flexibility index (Phi) is 5.67. The Labute approximate surface area is 144 Å². The number of para-hydroxylation sites is 1. The summed E-state index contributed by atoms with van der Waals surface area (Å²) in [5, 5.41) is 19.0. The van der Waals surface area contributed by atoms with Gasteiger partial charge in [0.15, 0.2) is 0 Å². The molecule has 0 aliphatic carbocycles.